The number of nitrogens with zero attached hydrogens (tertiary/aromatic N) is 1. The van der Waals surface area contributed by atoms with Gasteiger partial charge in [-0.2, -0.15) is 0 Å². The van der Waals surface area contributed by atoms with E-state index in [0.29, 0.717) is 10.7 Å². The zero-order chi connectivity index (χ0) is 20.1. The Kier molecular flexibility index (Phi) is 6.50. The second kappa shape index (κ2) is 9.05. The lowest BCUT2D eigenvalue weighted by Gasteiger charge is -2.28. The van der Waals surface area contributed by atoms with Crippen molar-refractivity contribution < 1.29 is 4.79 Å². The highest BCUT2D eigenvalue weighted by molar-refractivity contribution is 6.34. The van der Waals surface area contributed by atoms with Crippen LogP contribution in [-0.2, 0) is 4.79 Å². The van der Waals surface area contributed by atoms with Crippen LogP contribution in [0.25, 0.3) is 0 Å². The molecule has 0 radical (unpaired) electrons. The average molecular weight is 393 g/mol. The Morgan fingerprint density at radius 3 is 2.00 bits per heavy atom. The second-order valence-corrected chi connectivity index (χ2v) is 7.53. The van der Waals surface area contributed by atoms with E-state index in [1.54, 1.807) is 0 Å². The fourth-order valence-electron chi connectivity index (χ4n) is 3.54. The minimum absolute atomic E-state index is 0.0114. The number of halogens is 1. The van der Waals surface area contributed by atoms with Gasteiger partial charge in [0.25, 0.3) is 0 Å². The van der Waals surface area contributed by atoms with Crippen LogP contribution in [0, 0.1) is 13.8 Å². The van der Waals surface area contributed by atoms with E-state index in [4.69, 9.17) is 11.6 Å². The highest BCUT2D eigenvalue weighted by Crippen LogP contribution is 2.29. The Morgan fingerprint density at radius 1 is 0.964 bits per heavy atom. The largest absolute Gasteiger partial charge is 0.323 e. The molecule has 0 aliphatic heterocycles. The summed E-state index contributed by atoms with van der Waals surface area (Å²) in [5.74, 6) is -0.0896. The van der Waals surface area contributed by atoms with Crippen molar-refractivity contribution in [1.29, 1.82) is 0 Å². The lowest BCUT2D eigenvalue weighted by atomic mass is 9.97. The van der Waals surface area contributed by atoms with Gasteiger partial charge in [-0.1, -0.05) is 78.3 Å². The molecule has 0 spiro atoms. The first kappa shape index (κ1) is 20.1. The number of rotatable bonds is 6. The van der Waals surface area contributed by atoms with E-state index in [1.807, 2.05) is 69.4 Å². The molecule has 1 N–H and O–H groups in total. The van der Waals surface area contributed by atoms with Crippen LogP contribution in [0.1, 0.15) is 28.3 Å². The van der Waals surface area contributed by atoms with Crippen LogP contribution < -0.4 is 5.32 Å². The van der Waals surface area contributed by atoms with Crippen molar-refractivity contribution in [2.24, 2.45) is 0 Å². The van der Waals surface area contributed by atoms with Crippen molar-refractivity contribution in [3.63, 3.8) is 0 Å². The monoisotopic (exact) mass is 392 g/mol. The van der Waals surface area contributed by atoms with Crippen LogP contribution in [0.4, 0.5) is 5.69 Å². The summed E-state index contributed by atoms with van der Waals surface area (Å²) in [6.07, 6.45) is 0. The van der Waals surface area contributed by atoms with Gasteiger partial charge >= 0.3 is 0 Å². The van der Waals surface area contributed by atoms with E-state index in [9.17, 15) is 4.79 Å². The number of aryl methyl sites for hydroxylation is 2. The number of carbonyl (C=O) groups is 1. The van der Waals surface area contributed by atoms with Gasteiger partial charge in [-0.25, -0.2) is 0 Å². The normalized spacial score (nSPS) is 11.1. The van der Waals surface area contributed by atoms with Crippen molar-refractivity contribution in [3.05, 3.63) is 100 Å². The molecule has 3 aromatic rings. The summed E-state index contributed by atoms with van der Waals surface area (Å²) in [5.41, 5.74) is 5.01. The summed E-state index contributed by atoms with van der Waals surface area (Å²) in [6, 6.07) is 24.3. The van der Waals surface area contributed by atoms with Gasteiger partial charge in [-0.3, -0.25) is 9.69 Å². The molecular weight excluding hydrogens is 368 g/mol. The molecule has 0 aliphatic rings. The van der Waals surface area contributed by atoms with Gasteiger partial charge in [-0.05, 0) is 49.2 Å². The maximum Gasteiger partial charge on any atom is 0.238 e. The molecule has 144 valence electrons. The molecule has 3 nitrogen and oxygen atoms in total. The number of carbonyl (C=O) groups excluding carboxylic acids is 1. The molecular formula is C24H25ClN2O. The minimum atomic E-state index is -0.0896. The van der Waals surface area contributed by atoms with Crippen LogP contribution in [0.2, 0.25) is 5.02 Å². The fraction of sp³-hybridized carbons (Fsp3) is 0.208. The summed E-state index contributed by atoms with van der Waals surface area (Å²) < 4.78 is 0. The van der Waals surface area contributed by atoms with Gasteiger partial charge in [0.15, 0.2) is 0 Å². The van der Waals surface area contributed by atoms with E-state index in [2.05, 4.69) is 34.5 Å². The lowest BCUT2D eigenvalue weighted by Crippen LogP contribution is -2.34. The average Bonchev–Trinajstić information content (AvgIpc) is 2.66. The third kappa shape index (κ3) is 4.80. The quantitative estimate of drug-likeness (QED) is 0.590. The van der Waals surface area contributed by atoms with E-state index < -0.39 is 0 Å². The second-order valence-electron chi connectivity index (χ2n) is 7.13. The van der Waals surface area contributed by atoms with Crippen molar-refractivity contribution in [3.8, 4) is 0 Å². The van der Waals surface area contributed by atoms with Gasteiger partial charge in [0, 0.05) is 0 Å². The Balaban J connectivity index is 1.81. The molecule has 4 heteroatoms. The highest BCUT2D eigenvalue weighted by atomic mass is 35.5. The van der Waals surface area contributed by atoms with Crippen molar-refractivity contribution in [1.82, 2.24) is 4.90 Å². The van der Waals surface area contributed by atoms with Gasteiger partial charge in [0.05, 0.1) is 23.3 Å². The Morgan fingerprint density at radius 2 is 1.50 bits per heavy atom. The summed E-state index contributed by atoms with van der Waals surface area (Å²) >= 11 is 6.34. The number of anilines is 1. The third-order valence-electron chi connectivity index (χ3n) is 4.76. The molecule has 0 saturated heterocycles. The maximum atomic E-state index is 12.8. The number of amides is 1. The zero-order valence-corrected chi connectivity index (χ0v) is 17.2. The molecule has 0 fully saturated rings. The van der Waals surface area contributed by atoms with Crippen molar-refractivity contribution in [2.75, 3.05) is 18.9 Å². The Bertz CT molecular complexity index is 879. The molecule has 3 aromatic carbocycles. The van der Waals surface area contributed by atoms with Gasteiger partial charge in [0.1, 0.15) is 0 Å². The number of nitrogens with one attached hydrogen (secondary N) is 1. The van der Waals surface area contributed by atoms with Crippen molar-refractivity contribution in [2.45, 2.75) is 19.9 Å². The van der Waals surface area contributed by atoms with Crippen LogP contribution in [-0.4, -0.2) is 24.4 Å². The van der Waals surface area contributed by atoms with Crippen LogP contribution in [0.3, 0.4) is 0 Å². The Hall–Kier alpha value is -2.62. The molecule has 0 unspecified atom stereocenters. The highest BCUT2D eigenvalue weighted by Gasteiger charge is 2.21. The van der Waals surface area contributed by atoms with E-state index in [-0.39, 0.29) is 18.5 Å². The van der Waals surface area contributed by atoms with E-state index >= 15 is 0 Å². The molecule has 0 saturated carbocycles. The maximum absolute atomic E-state index is 12.8. The van der Waals surface area contributed by atoms with Gasteiger partial charge in [0.2, 0.25) is 5.91 Å². The van der Waals surface area contributed by atoms with Crippen molar-refractivity contribution >= 4 is 23.2 Å². The lowest BCUT2D eigenvalue weighted by molar-refractivity contribution is -0.117. The molecule has 0 atom stereocenters. The summed E-state index contributed by atoms with van der Waals surface area (Å²) in [5, 5.41) is 3.55. The first-order valence-electron chi connectivity index (χ1n) is 9.32. The van der Waals surface area contributed by atoms with Crippen LogP contribution in [0.15, 0.2) is 72.8 Å². The molecule has 3 rings (SSSR count). The van der Waals surface area contributed by atoms with Gasteiger partial charge in [-0.15, -0.1) is 0 Å². The van der Waals surface area contributed by atoms with E-state index in [0.717, 1.165) is 22.3 Å². The SMILES string of the molecule is Cc1cc(C)c(NC(=O)CN(C)C(c2ccccc2)c2ccccc2)c(Cl)c1. The zero-order valence-electron chi connectivity index (χ0n) is 16.4. The molecule has 0 aromatic heterocycles. The number of benzene rings is 3. The summed E-state index contributed by atoms with van der Waals surface area (Å²) in [6.45, 7) is 4.19. The molecule has 0 heterocycles. The first-order chi connectivity index (χ1) is 13.5. The fourth-order valence-corrected chi connectivity index (χ4v) is 3.91. The summed E-state index contributed by atoms with van der Waals surface area (Å²) in [7, 11) is 1.97. The molecule has 0 bridgehead atoms. The standard InChI is InChI=1S/C24H25ClN2O/c1-17-14-18(2)23(21(25)15-17)26-22(28)16-27(3)24(19-10-6-4-7-11-19)20-12-8-5-9-13-20/h4-15,24H,16H2,1-3H3,(H,26,28). The summed E-state index contributed by atoms with van der Waals surface area (Å²) in [4.78, 5) is 14.8. The molecule has 28 heavy (non-hydrogen) atoms. The topological polar surface area (TPSA) is 32.3 Å². The molecule has 1 amide bonds. The minimum Gasteiger partial charge on any atom is -0.323 e. The van der Waals surface area contributed by atoms with Crippen LogP contribution >= 0.6 is 11.6 Å². The Labute approximate surface area is 172 Å². The smallest absolute Gasteiger partial charge is 0.238 e. The molecule has 0 aliphatic carbocycles. The number of likely N-dealkylation sites (N-methyl/N-ethyl adjacent to an activating group) is 1. The first-order valence-corrected chi connectivity index (χ1v) is 9.70. The number of hydrogen-bond acceptors (Lipinski definition) is 2. The predicted octanol–water partition coefficient (Wildman–Crippen LogP) is 5.62. The van der Waals surface area contributed by atoms with Gasteiger partial charge < -0.3 is 5.32 Å². The van der Waals surface area contributed by atoms with Crippen LogP contribution in [0.5, 0.6) is 0 Å². The third-order valence-corrected chi connectivity index (χ3v) is 5.06. The predicted molar refractivity (Wildman–Crippen MR) is 117 cm³/mol. The number of hydrogen-bond donors (Lipinski definition) is 1. The van der Waals surface area contributed by atoms with E-state index in [1.165, 1.54) is 0 Å².